The molecule has 0 saturated carbocycles. The molecule has 8 heteroatoms. The van der Waals surface area contributed by atoms with Gasteiger partial charge in [-0.15, -0.1) is 0 Å². The molecular weight excluding hydrogens is 431 g/mol. The second-order valence-corrected chi connectivity index (χ2v) is 5.94. The van der Waals surface area contributed by atoms with Crippen molar-refractivity contribution in [2.45, 2.75) is 0 Å². The molecule has 0 unspecified atom stereocenters. The molecule has 1 heterocycles. The van der Waals surface area contributed by atoms with E-state index in [-0.39, 0.29) is 10.7 Å². The third-order valence-electron chi connectivity index (χ3n) is 2.64. The zero-order valence-electron chi connectivity index (χ0n) is 11.6. The lowest BCUT2D eigenvalue weighted by Crippen LogP contribution is -2.33. The summed E-state index contributed by atoms with van der Waals surface area (Å²) in [4.78, 5) is 22.9. The van der Waals surface area contributed by atoms with Crippen LogP contribution < -0.4 is 10.6 Å². The van der Waals surface area contributed by atoms with E-state index >= 15 is 0 Å². The summed E-state index contributed by atoms with van der Waals surface area (Å²) in [7, 11) is 0. The summed E-state index contributed by atoms with van der Waals surface area (Å²) >= 11 is 7.02. The summed E-state index contributed by atoms with van der Waals surface area (Å²) in [5, 5.41) is 14.3. The number of carbonyl (C=O) groups is 2. The second-order valence-electron chi connectivity index (χ2n) is 4.29. The molecule has 0 fully saturated rings. The van der Waals surface area contributed by atoms with Crippen molar-refractivity contribution in [3.63, 3.8) is 0 Å². The number of anilines is 1. The van der Waals surface area contributed by atoms with Crippen molar-refractivity contribution in [3.05, 3.63) is 57.6 Å². The van der Waals surface area contributed by atoms with Crippen LogP contribution >= 0.6 is 34.8 Å². The number of aromatic carboxylic acids is 1. The Morgan fingerprint density at radius 1 is 1.30 bits per heavy atom. The largest absolute Gasteiger partial charge is 0.478 e. The van der Waals surface area contributed by atoms with E-state index in [1.165, 1.54) is 24.5 Å². The SMILES string of the molecule is O=C(/C=C/c1ccco1)NC(=S)Nc1ccc(I)cc1C(=O)O. The first-order valence-corrected chi connectivity index (χ1v) is 7.81. The van der Waals surface area contributed by atoms with Crippen LogP contribution in [0.3, 0.4) is 0 Å². The van der Waals surface area contributed by atoms with Crippen LogP contribution in [-0.4, -0.2) is 22.1 Å². The van der Waals surface area contributed by atoms with E-state index in [0.717, 1.165) is 3.57 Å². The zero-order chi connectivity index (χ0) is 16.8. The number of halogens is 1. The van der Waals surface area contributed by atoms with Gasteiger partial charge in [-0.3, -0.25) is 10.1 Å². The fourth-order valence-corrected chi connectivity index (χ4v) is 2.36. The van der Waals surface area contributed by atoms with E-state index in [9.17, 15) is 14.7 Å². The maximum Gasteiger partial charge on any atom is 0.337 e. The van der Waals surface area contributed by atoms with Crippen LogP contribution in [-0.2, 0) is 4.79 Å². The summed E-state index contributed by atoms with van der Waals surface area (Å²) in [5.74, 6) is -1.01. The van der Waals surface area contributed by atoms with Crippen LogP contribution in [0.2, 0.25) is 0 Å². The van der Waals surface area contributed by atoms with Gasteiger partial charge in [0.2, 0.25) is 5.91 Å². The number of rotatable bonds is 4. The lowest BCUT2D eigenvalue weighted by atomic mass is 10.2. The highest BCUT2D eigenvalue weighted by molar-refractivity contribution is 14.1. The van der Waals surface area contributed by atoms with Gasteiger partial charge in [0.15, 0.2) is 5.11 Å². The van der Waals surface area contributed by atoms with Gasteiger partial charge in [-0.05, 0) is 71.2 Å². The number of amides is 1. The second kappa shape index (κ2) is 7.88. The standard InChI is InChI=1S/C15H11IN2O4S/c16-9-3-5-12(11(8-9)14(20)21)17-15(23)18-13(19)6-4-10-2-1-7-22-10/h1-8H,(H,20,21)(H2,17,18,19,23)/b6-4+. The highest BCUT2D eigenvalue weighted by atomic mass is 127. The third kappa shape index (κ3) is 5.18. The number of carbonyl (C=O) groups excluding carboxylic acids is 1. The summed E-state index contributed by atoms with van der Waals surface area (Å²) in [5.41, 5.74) is 0.373. The molecule has 0 saturated heterocycles. The highest BCUT2D eigenvalue weighted by Crippen LogP contribution is 2.18. The number of carboxylic acid groups (broad SMARTS) is 1. The van der Waals surface area contributed by atoms with Crippen molar-refractivity contribution in [2.24, 2.45) is 0 Å². The maximum absolute atomic E-state index is 11.7. The number of thiocarbonyl (C=S) groups is 1. The molecule has 0 aliphatic rings. The summed E-state index contributed by atoms with van der Waals surface area (Å²) < 4.78 is 5.84. The Labute approximate surface area is 150 Å². The van der Waals surface area contributed by atoms with Crippen molar-refractivity contribution in [1.29, 1.82) is 0 Å². The molecular formula is C15H11IN2O4S. The number of hydrogen-bond acceptors (Lipinski definition) is 4. The normalized spacial score (nSPS) is 10.5. The third-order valence-corrected chi connectivity index (χ3v) is 3.51. The van der Waals surface area contributed by atoms with E-state index in [4.69, 9.17) is 16.6 Å². The first-order chi connectivity index (χ1) is 11.0. The van der Waals surface area contributed by atoms with Crippen LogP contribution in [0.15, 0.2) is 47.1 Å². The van der Waals surface area contributed by atoms with E-state index in [2.05, 4.69) is 10.6 Å². The molecule has 2 rings (SSSR count). The Morgan fingerprint density at radius 2 is 2.09 bits per heavy atom. The van der Waals surface area contributed by atoms with Gasteiger partial charge in [0, 0.05) is 9.65 Å². The van der Waals surface area contributed by atoms with Gasteiger partial charge in [-0.25, -0.2) is 4.79 Å². The minimum absolute atomic E-state index is 0.00260. The lowest BCUT2D eigenvalue weighted by Gasteiger charge is -2.11. The van der Waals surface area contributed by atoms with Crippen molar-refractivity contribution < 1.29 is 19.1 Å². The fourth-order valence-electron chi connectivity index (χ4n) is 1.65. The number of benzene rings is 1. The predicted molar refractivity (Wildman–Crippen MR) is 98.2 cm³/mol. The molecule has 6 nitrogen and oxygen atoms in total. The first-order valence-electron chi connectivity index (χ1n) is 6.32. The van der Waals surface area contributed by atoms with E-state index < -0.39 is 11.9 Å². The molecule has 1 aromatic carbocycles. The molecule has 2 aromatic rings. The van der Waals surface area contributed by atoms with E-state index in [1.807, 2.05) is 22.6 Å². The molecule has 1 amide bonds. The van der Waals surface area contributed by atoms with E-state index in [0.29, 0.717) is 11.4 Å². The highest BCUT2D eigenvalue weighted by Gasteiger charge is 2.12. The average molecular weight is 442 g/mol. The molecule has 0 bridgehead atoms. The fraction of sp³-hybridized carbons (Fsp3) is 0. The Balaban J connectivity index is 2.00. The van der Waals surface area contributed by atoms with Crippen LogP contribution in [0.1, 0.15) is 16.1 Å². The molecule has 0 spiro atoms. The van der Waals surface area contributed by atoms with Gasteiger partial charge < -0.3 is 14.8 Å². The zero-order valence-corrected chi connectivity index (χ0v) is 14.6. The number of carboxylic acids is 1. The Bertz CT molecular complexity index is 772. The summed E-state index contributed by atoms with van der Waals surface area (Å²) in [6, 6.07) is 8.23. The Hall–Kier alpha value is -2.20. The minimum atomic E-state index is -1.09. The number of furan rings is 1. The van der Waals surface area contributed by atoms with Crippen molar-refractivity contribution in [2.75, 3.05) is 5.32 Å². The number of hydrogen-bond donors (Lipinski definition) is 3. The summed E-state index contributed by atoms with van der Waals surface area (Å²) in [6.45, 7) is 0. The molecule has 1 aromatic heterocycles. The van der Waals surface area contributed by atoms with Gasteiger partial charge in [0.05, 0.1) is 17.5 Å². The van der Waals surface area contributed by atoms with Crippen molar-refractivity contribution in [3.8, 4) is 0 Å². The van der Waals surface area contributed by atoms with Crippen LogP contribution in [0.25, 0.3) is 6.08 Å². The van der Waals surface area contributed by atoms with Gasteiger partial charge in [-0.2, -0.15) is 0 Å². The van der Waals surface area contributed by atoms with Crippen LogP contribution in [0, 0.1) is 3.57 Å². The number of nitrogens with one attached hydrogen (secondary N) is 2. The lowest BCUT2D eigenvalue weighted by molar-refractivity contribution is -0.115. The van der Waals surface area contributed by atoms with Gasteiger partial charge in [0.1, 0.15) is 5.76 Å². The van der Waals surface area contributed by atoms with E-state index in [1.54, 1.807) is 24.3 Å². The maximum atomic E-state index is 11.7. The van der Waals surface area contributed by atoms with Crippen LogP contribution in [0.5, 0.6) is 0 Å². The Kier molecular flexibility index (Phi) is 5.88. The molecule has 118 valence electrons. The Morgan fingerprint density at radius 3 is 2.74 bits per heavy atom. The molecule has 0 atom stereocenters. The molecule has 23 heavy (non-hydrogen) atoms. The topological polar surface area (TPSA) is 91.6 Å². The molecule has 0 radical (unpaired) electrons. The summed E-state index contributed by atoms with van der Waals surface area (Å²) in [6.07, 6.45) is 4.25. The molecule has 0 aliphatic carbocycles. The smallest absolute Gasteiger partial charge is 0.337 e. The van der Waals surface area contributed by atoms with Crippen molar-refractivity contribution in [1.82, 2.24) is 5.32 Å². The first kappa shape index (κ1) is 17.2. The van der Waals surface area contributed by atoms with Crippen molar-refractivity contribution >= 4 is 63.6 Å². The average Bonchev–Trinajstić information content (AvgIpc) is 3.00. The minimum Gasteiger partial charge on any atom is -0.478 e. The van der Waals surface area contributed by atoms with Gasteiger partial charge in [0.25, 0.3) is 0 Å². The molecule has 3 N–H and O–H groups in total. The van der Waals surface area contributed by atoms with Gasteiger partial charge in [-0.1, -0.05) is 0 Å². The predicted octanol–water partition coefficient (Wildman–Crippen LogP) is 3.11. The van der Waals surface area contributed by atoms with Gasteiger partial charge >= 0.3 is 5.97 Å². The van der Waals surface area contributed by atoms with Crippen LogP contribution in [0.4, 0.5) is 5.69 Å². The monoisotopic (exact) mass is 442 g/mol. The molecule has 0 aliphatic heterocycles. The quantitative estimate of drug-likeness (QED) is 0.383.